The molecular formula is C22H29N5O4. The summed E-state index contributed by atoms with van der Waals surface area (Å²) in [4.78, 5) is 11.0. The van der Waals surface area contributed by atoms with Crippen LogP contribution in [-0.2, 0) is 11.2 Å². The molecule has 1 aliphatic carbocycles. The number of phenols is 1. The third-order valence-corrected chi connectivity index (χ3v) is 5.15. The van der Waals surface area contributed by atoms with Crippen molar-refractivity contribution in [2.75, 3.05) is 43.2 Å². The first-order chi connectivity index (χ1) is 14.9. The largest absolute Gasteiger partial charge is 0.508 e. The molecule has 1 fully saturated rings. The highest BCUT2D eigenvalue weighted by molar-refractivity contribution is 6.03. The average molecular weight is 428 g/mol. The van der Waals surface area contributed by atoms with Crippen molar-refractivity contribution in [3.8, 4) is 11.8 Å². The number of phenolic OH excluding ortho intramolecular Hbond substituents is 1. The molecule has 0 radical (unpaired) electrons. The molecule has 1 saturated heterocycles. The summed E-state index contributed by atoms with van der Waals surface area (Å²) in [6.07, 6.45) is 2.74. The van der Waals surface area contributed by atoms with Gasteiger partial charge >= 0.3 is 6.01 Å². The molecule has 3 N–H and O–H groups in total. The number of aryl methyl sites for hydroxylation is 1. The van der Waals surface area contributed by atoms with Gasteiger partial charge in [0.2, 0.25) is 0 Å². The number of hydrogen-bond donors (Lipinski definition) is 3. The number of hydrogen-bond acceptors (Lipinski definition) is 9. The van der Waals surface area contributed by atoms with E-state index in [-0.39, 0.29) is 18.4 Å². The molecule has 9 nitrogen and oxygen atoms in total. The SMILES string of the molecule is CC(C)(O)COc1nc(NN=C2CCCc3cc(O)ccc32)cc(N2CCOCC2)n1. The molecule has 0 unspecified atom stereocenters. The minimum Gasteiger partial charge on any atom is -0.508 e. The van der Waals surface area contributed by atoms with Crippen LogP contribution < -0.4 is 15.1 Å². The van der Waals surface area contributed by atoms with Gasteiger partial charge in [0.1, 0.15) is 18.2 Å². The molecule has 0 atom stereocenters. The van der Waals surface area contributed by atoms with E-state index in [0.717, 1.165) is 55.0 Å². The Morgan fingerprint density at radius 3 is 2.77 bits per heavy atom. The molecule has 1 aromatic carbocycles. The van der Waals surface area contributed by atoms with Crippen LogP contribution in [0.3, 0.4) is 0 Å². The lowest BCUT2D eigenvalue weighted by atomic mass is 9.90. The van der Waals surface area contributed by atoms with Gasteiger partial charge in [-0.15, -0.1) is 0 Å². The summed E-state index contributed by atoms with van der Waals surface area (Å²) in [5.74, 6) is 1.51. The van der Waals surface area contributed by atoms with Gasteiger partial charge in [0.25, 0.3) is 0 Å². The van der Waals surface area contributed by atoms with E-state index in [1.54, 1.807) is 26.0 Å². The Hall–Kier alpha value is -2.91. The van der Waals surface area contributed by atoms with Gasteiger partial charge in [0, 0.05) is 24.7 Å². The minimum atomic E-state index is -0.997. The first kappa shape index (κ1) is 21.3. The van der Waals surface area contributed by atoms with Gasteiger partial charge in [-0.3, -0.25) is 5.43 Å². The number of aliphatic hydroxyl groups is 1. The fraction of sp³-hybridized carbons (Fsp3) is 0.500. The van der Waals surface area contributed by atoms with E-state index < -0.39 is 5.60 Å². The minimum absolute atomic E-state index is 0.0738. The van der Waals surface area contributed by atoms with Crippen LogP contribution in [0.2, 0.25) is 0 Å². The predicted molar refractivity (Wildman–Crippen MR) is 118 cm³/mol. The topological polar surface area (TPSA) is 112 Å². The molecule has 2 aromatic rings. The summed E-state index contributed by atoms with van der Waals surface area (Å²) in [7, 11) is 0. The van der Waals surface area contributed by atoms with E-state index in [1.165, 1.54) is 0 Å². The molecule has 0 saturated carbocycles. The van der Waals surface area contributed by atoms with Crippen LogP contribution in [-0.4, -0.2) is 64.4 Å². The quantitative estimate of drug-likeness (QED) is 0.602. The van der Waals surface area contributed by atoms with Crippen molar-refractivity contribution >= 4 is 17.3 Å². The Morgan fingerprint density at radius 1 is 1.19 bits per heavy atom. The molecule has 0 spiro atoms. The van der Waals surface area contributed by atoms with Crippen molar-refractivity contribution in [3.63, 3.8) is 0 Å². The molecule has 166 valence electrons. The Bertz CT molecular complexity index is 951. The van der Waals surface area contributed by atoms with Crippen molar-refractivity contribution in [1.29, 1.82) is 0 Å². The second-order valence-electron chi connectivity index (χ2n) is 8.46. The van der Waals surface area contributed by atoms with E-state index in [4.69, 9.17) is 9.47 Å². The first-order valence-corrected chi connectivity index (χ1v) is 10.6. The first-order valence-electron chi connectivity index (χ1n) is 10.6. The van der Waals surface area contributed by atoms with Crippen molar-refractivity contribution in [1.82, 2.24) is 9.97 Å². The lowest BCUT2D eigenvalue weighted by Gasteiger charge is -2.28. The number of aromatic nitrogens is 2. The summed E-state index contributed by atoms with van der Waals surface area (Å²) in [6, 6.07) is 7.41. The third-order valence-electron chi connectivity index (χ3n) is 5.15. The smallest absolute Gasteiger partial charge is 0.320 e. The van der Waals surface area contributed by atoms with Crippen molar-refractivity contribution < 1.29 is 19.7 Å². The molecule has 31 heavy (non-hydrogen) atoms. The molecule has 2 aliphatic rings. The summed E-state index contributed by atoms with van der Waals surface area (Å²) in [6.45, 7) is 6.14. The number of aromatic hydroxyl groups is 1. The van der Waals surface area contributed by atoms with E-state index >= 15 is 0 Å². The molecule has 0 amide bonds. The molecule has 1 aromatic heterocycles. The van der Waals surface area contributed by atoms with Crippen molar-refractivity contribution in [3.05, 3.63) is 35.4 Å². The third kappa shape index (κ3) is 5.62. The predicted octanol–water partition coefficient (Wildman–Crippen LogP) is 2.32. The molecule has 2 heterocycles. The Balaban J connectivity index is 1.59. The van der Waals surface area contributed by atoms with Gasteiger partial charge in [-0.1, -0.05) is 0 Å². The summed E-state index contributed by atoms with van der Waals surface area (Å²) < 4.78 is 11.1. The number of anilines is 2. The summed E-state index contributed by atoms with van der Waals surface area (Å²) >= 11 is 0. The Labute approximate surface area is 181 Å². The monoisotopic (exact) mass is 427 g/mol. The highest BCUT2D eigenvalue weighted by atomic mass is 16.5. The van der Waals surface area contributed by atoms with Crippen LogP contribution in [0, 0.1) is 0 Å². The second kappa shape index (κ2) is 9.07. The second-order valence-corrected chi connectivity index (χ2v) is 8.46. The number of rotatable bonds is 6. The molecule has 0 bridgehead atoms. The fourth-order valence-electron chi connectivity index (χ4n) is 3.62. The van der Waals surface area contributed by atoms with Gasteiger partial charge < -0.3 is 24.6 Å². The zero-order valence-corrected chi connectivity index (χ0v) is 18.0. The highest BCUT2D eigenvalue weighted by Crippen LogP contribution is 2.26. The number of hydrazone groups is 1. The van der Waals surface area contributed by atoms with Crippen LogP contribution in [0.1, 0.15) is 37.8 Å². The van der Waals surface area contributed by atoms with E-state index in [0.29, 0.717) is 19.0 Å². The lowest BCUT2D eigenvalue weighted by Crippen LogP contribution is -2.37. The standard InChI is InChI=1S/C22H29N5O4/c1-22(2,29)14-31-21-23-19(13-20(24-21)27-8-10-30-11-9-27)26-25-18-5-3-4-15-12-16(28)6-7-17(15)18/h6-7,12-13,28-29H,3-5,8-11,14H2,1-2H3,(H,23,24,26). The Kier molecular flexibility index (Phi) is 6.24. The van der Waals surface area contributed by atoms with E-state index in [2.05, 4.69) is 25.4 Å². The number of morpholine rings is 1. The maximum Gasteiger partial charge on any atom is 0.320 e. The normalized spacial score (nSPS) is 18.0. The van der Waals surface area contributed by atoms with Crippen molar-refractivity contribution in [2.24, 2.45) is 5.10 Å². The summed E-state index contributed by atoms with van der Waals surface area (Å²) in [5.41, 5.74) is 5.12. The van der Waals surface area contributed by atoms with E-state index in [1.807, 2.05) is 12.1 Å². The molecule has 9 heteroatoms. The van der Waals surface area contributed by atoms with E-state index in [9.17, 15) is 10.2 Å². The maximum atomic E-state index is 9.99. The number of ether oxygens (including phenoxy) is 2. The number of nitrogens with zero attached hydrogens (tertiary/aromatic N) is 4. The van der Waals surface area contributed by atoms with Gasteiger partial charge in [-0.2, -0.15) is 15.1 Å². The average Bonchev–Trinajstić information content (AvgIpc) is 2.76. The van der Waals surface area contributed by atoms with Gasteiger partial charge in [-0.05, 0) is 56.9 Å². The number of nitrogens with one attached hydrogen (secondary N) is 1. The zero-order chi connectivity index (χ0) is 21.8. The van der Waals surface area contributed by atoms with Gasteiger partial charge in [0.05, 0.1) is 24.5 Å². The van der Waals surface area contributed by atoms with Crippen LogP contribution in [0.4, 0.5) is 11.6 Å². The van der Waals surface area contributed by atoms with Crippen LogP contribution >= 0.6 is 0 Å². The molecule has 4 rings (SSSR count). The lowest BCUT2D eigenvalue weighted by molar-refractivity contribution is 0.0250. The zero-order valence-electron chi connectivity index (χ0n) is 18.0. The highest BCUT2D eigenvalue weighted by Gasteiger charge is 2.19. The van der Waals surface area contributed by atoms with Crippen LogP contribution in [0.25, 0.3) is 0 Å². The Morgan fingerprint density at radius 2 is 2.00 bits per heavy atom. The van der Waals surface area contributed by atoms with Gasteiger partial charge in [0.15, 0.2) is 5.82 Å². The van der Waals surface area contributed by atoms with Crippen LogP contribution in [0.15, 0.2) is 29.4 Å². The van der Waals surface area contributed by atoms with Crippen molar-refractivity contribution in [2.45, 2.75) is 38.7 Å². The molecule has 1 aliphatic heterocycles. The number of fused-ring (bicyclic) bond motifs is 1. The summed E-state index contributed by atoms with van der Waals surface area (Å²) in [5, 5.41) is 24.4. The molecular weight excluding hydrogens is 398 g/mol. The van der Waals surface area contributed by atoms with Crippen LogP contribution in [0.5, 0.6) is 11.8 Å². The van der Waals surface area contributed by atoms with Gasteiger partial charge in [-0.25, -0.2) is 0 Å². The fourth-order valence-corrected chi connectivity index (χ4v) is 3.62. The number of benzene rings is 1. The maximum absolute atomic E-state index is 9.99.